The predicted octanol–water partition coefficient (Wildman–Crippen LogP) is 7.76. The van der Waals surface area contributed by atoms with Gasteiger partial charge in [-0.1, -0.05) is 91.4 Å². The van der Waals surface area contributed by atoms with E-state index in [0.29, 0.717) is 5.41 Å². The minimum atomic E-state index is 0.691. The van der Waals surface area contributed by atoms with E-state index in [2.05, 4.69) is 20.8 Å². The average molecular weight is 307 g/mol. The fraction of sp³-hybridized carbons (Fsp3) is 1.00. The lowest BCUT2D eigenvalue weighted by atomic mass is 9.69. The summed E-state index contributed by atoms with van der Waals surface area (Å²) in [5.41, 5.74) is 0.691. The summed E-state index contributed by atoms with van der Waals surface area (Å²) in [6.45, 7) is 7.45. The maximum absolute atomic E-state index is 2.55. The van der Waals surface area contributed by atoms with Crippen LogP contribution in [0.15, 0.2) is 0 Å². The van der Waals surface area contributed by atoms with Crippen molar-refractivity contribution in [3.63, 3.8) is 0 Å². The summed E-state index contributed by atoms with van der Waals surface area (Å²) in [6.07, 6.45) is 22.5. The molecule has 2 rings (SSSR count). The van der Waals surface area contributed by atoms with E-state index in [9.17, 15) is 0 Å². The van der Waals surface area contributed by atoms with E-state index in [4.69, 9.17) is 0 Å². The van der Waals surface area contributed by atoms with Gasteiger partial charge in [0.15, 0.2) is 0 Å². The molecule has 3 unspecified atom stereocenters. The Morgan fingerprint density at radius 2 is 1.50 bits per heavy atom. The molecule has 0 radical (unpaired) electrons. The van der Waals surface area contributed by atoms with Crippen LogP contribution in [0.25, 0.3) is 0 Å². The largest absolute Gasteiger partial charge is 0.0651 e. The molecule has 0 bridgehead atoms. The van der Waals surface area contributed by atoms with Crippen LogP contribution in [0.2, 0.25) is 0 Å². The maximum Gasteiger partial charge on any atom is -0.0298 e. The normalized spacial score (nSPS) is 33.1. The van der Waals surface area contributed by atoms with Crippen molar-refractivity contribution in [1.29, 1.82) is 0 Å². The third-order valence-electron chi connectivity index (χ3n) is 6.93. The summed E-state index contributed by atoms with van der Waals surface area (Å²) in [6, 6.07) is 0. The van der Waals surface area contributed by atoms with Crippen LogP contribution < -0.4 is 0 Å². The smallest absolute Gasteiger partial charge is 0.0298 e. The summed E-state index contributed by atoms with van der Waals surface area (Å²) in [4.78, 5) is 0. The Kier molecular flexibility index (Phi) is 7.78. The fourth-order valence-corrected chi connectivity index (χ4v) is 5.18. The molecule has 0 heteroatoms. The van der Waals surface area contributed by atoms with Crippen molar-refractivity contribution in [2.24, 2.45) is 23.2 Å². The standard InChI is InChI=1S/C22H42/c1-4-20-11-8-6-7-9-15-22(5-2,16-10-12-20)18-19(3)17-21-13-14-21/h19-21H,4-18H2,1-3H3. The molecule has 0 aliphatic heterocycles. The van der Waals surface area contributed by atoms with Crippen molar-refractivity contribution in [2.75, 3.05) is 0 Å². The minimum absolute atomic E-state index is 0.691. The number of rotatable bonds is 6. The van der Waals surface area contributed by atoms with E-state index in [-0.39, 0.29) is 0 Å². The third kappa shape index (κ3) is 6.25. The summed E-state index contributed by atoms with van der Waals surface area (Å²) in [7, 11) is 0. The van der Waals surface area contributed by atoms with Gasteiger partial charge in [0.1, 0.15) is 0 Å². The lowest BCUT2D eigenvalue weighted by Gasteiger charge is -2.36. The molecule has 0 aromatic heterocycles. The van der Waals surface area contributed by atoms with Gasteiger partial charge < -0.3 is 0 Å². The van der Waals surface area contributed by atoms with Crippen LogP contribution in [0.3, 0.4) is 0 Å². The van der Waals surface area contributed by atoms with E-state index >= 15 is 0 Å². The Hall–Kier alpha value is 0. The van der Waals surface area contributed by atoms with Crippen molar-refractivity contribution in [1.82, 2.24) is 0 Å². The Morgan fingerprint density at radius 1 is 0.818 bits per heavy atom. The van der Waals surface area contributed by atoms with Gasteiger partial charge in [-0.3, -0.25) is 0 Å². The van der Waals surface area contributed by atoms with Gasteiger partial charge in [0.05, 0.1) is 0 Å². The van der Waals surface area contributed by atoms with Gasteiger partial charge in [0.2, 0.25) is 0 Å². The Labute approximate surface area is 140 Å². The van der Waals surface area contributed by atoms with Crippen LogP contribution in [0, 0.1) is 23.2 Å². The van der Waals surface area contributed by atoms with Crippen LogP contribution in [-0.4, -0.2) is 0 Å². The molecule has 3 atom stereocenters. The van der Waals surface area contributed by atoms with E-state index in [1.165, 1.54) is 96.3 Å². The fourth-order valence-electron chi connectivity index (χ4n) is 5.18. The second-order valence-corrected chi connectivity index (χ2v) is 8.96. The first-order valence-corrected chi connectivity index (χ1v) is 10.7. The molecular formula is C22H42. The van der Waals surface area contributed by atoms with Gasteiger partial charge in [-0.05, 0) is 48.9 Å². The highest BCUT2D eigenvalue weighted by Crippen LogP contribution is 2.45. The SMILES string of the molecule is CCC1CCCCCCC(CC)(CC(C)CC2CC2)CCC1. The summed E-state index contributed by atoms with van der Waals surface area (Å²) >= 11 is 0. The minimum Gasteiger partial charge on any atom is -0.0651 e. The highest BCUT2D eigenvalue weighted by molar-refractivity contribution is 4.84. The van der Waals surface area contributed by atoms with Crippen LogP contribution in [0.4, 0.5) is 0 Å². The second kappa shape index (κ2) is 9.33. The number of hydrogen-bond donors (Lipinski definition) is 0. The molecule has 0 aromatic rings. The van der Waals surface area contributed by atoms with Crippen LogP contribution in [0.5, 0.6) is 0 Å². The second-order valence-electron chi connectivity index (χ2n) is 8.96. The molecule has 0 nitrogen and oxygen atoms in total. The van der Waals surface area contributed by atoms with E-state index in [1.54, 1.807) is 0 Å². The molecule has 2 saturated carbocycles. The predicted molar refractivity (Wildman–Crippen MR) is 99.2 cm³/mol. The molecule has 130 valence electrons. The zero-order valence-corrected chi connectivity index (χ0v) is 15.8. The first-order chi connectivity index (χ1) is 10.7. The highest BCUT2D eigenvalue weighted by atomic mass is 14.4. The van der Waals surface area contributed by atoms with E-state index in [1.807, 2.05) is 0 Å². The molecule has 2 aliphatic carbocycles. The van der Waals surface area contributed by atoms with Gasteiger partial charge >= 0.3 is 0 Å². The monoisotopic (exact) mass is 306 g/mol. The molecule has 22 heavy (non-hydrogen) atoms. The maximum atomic E-state index is 2.55. The quantitative estimate of drug-likeness (QED) is 0.470. The van der Waals surface area contributed by atoms with Gasteiger partial charge in [-0.15, -0.1) is 0 Å². The summed E-state index contributed by atoms with van der Waals surface area (Å²) in [5.74, 6) is 3.10. The van der Waals surface area contributed by atoms with Crippen LogP contribution in [0.1, 0.15) is 117 Å². The molecule has 0 amide bonds. The molecule has 0 N–H and O–H groups in total. The van der Waals surface area contributed by atoms with Crippen LogP contribution >= 0.6 is 0 Å². The average Bonchev–Trinajstić information content (AvgIpc) is 3.31. The van der Waals surface area contributed by atoms with E-state index in [0.717, 1.165) is 17.8 Å². The molecular weight excluding hydrogens is 264 g/mol. The molecule has 0 saturated heterocycles. The molecule has 0 heterocycles. The molecule has 0 aromatic carbocycles. The van der Waals surface area contributed by atoms with E-state index < -0.39 is 0 Å². The zero-order valence-electron chi connectivity index (χ0n) is 15.8. The van der Waals surface area contributed by atoms with Gasteiger partial charge in [-0.25, -0.2) is 0 Å². The first kappa shape index (κ1) is 18.3. The van der Waals surface area contributed by atoms with Gasteiger partial charge in [0, 0.05) is 0 Å². The lowest BCUT2D eigenvalue weighted by Crippen LogP contribution is -2.23. The van der Waals surface area contributed by atoms with Gasteiger partial charge in [-0.2, -0.15) is 0 Å². The van der Waals surface area contributed by atoms with Crippen molar-refractivity contribution < 1.29 is 0 Å². The molecule has 2 aliphatic rings. The van der Waals surface area contributed by atoms with Crippen molar-refractivity contribution >= 4 is 0 Å². The topological polar surface area (TPSA) is 0 Å². The lowest BCUT2D eigenvalue weighted by molar-refractivity contribution is 0.156. The van der Waals surface area contributed by atoms with Crippen molar-refractivity contribution in [2.45, 2.75) is 117 Å². The molecule has 0 spiro atoms. The van der Waals surface area contributed by atoms with Gasteiger partial charge in [0.25, 0.3) is 0 Å². The Balaban J connectivity index is 1.91. The Bertz CT molecular complexity index is 290. The van der Waals surface area contributed by atoms with Crippen molar-refractivity contribution in [3.05, 3.63) is 0 Å². The van der Waals surface area contributed by atoms with Crippen molar-refractivity contribution in [3.8, 4) is 0 Å². The molecule has 2 fully saturated rings. The highest BCUT2D eigenvalue weighted by Gasteiger charge is 2.32. The summed E-state index contributed by atoms with van der Waals surface area (Å²) in [5, 5.41) is 0. The first-order valence-electron chi connectivity index (χ1n) is 10.7. The Morgan fingerprint density at radius 3 is 2.18 bits per heavy atom. The number of hydrogen-bond acceptors (Lipinski definition) is 0. The van der Waals surface area contributed by atoms with Crippen LogP contribution in [-0.2, 0) is 0 Å². The third-order valence-corrected chi connectivity index (χ3v) is 6.93. The zero-order chi connectivity index (χ0) is 15.8. The summed E-state index contributed by atoms with van der Waals surface area (Å²) < 4.78 is 0.